The summed E-state index contributed by atoms with van der Waals surface area (Å²) < 4.78 is 26.7. The van der Waals surface area contributed by atoms with Crippen LogP contribution in [-0.4, -0.2) is 25.4 Å². The van der Waals surface area contributed by atoms with E-state index in [4.69, 9.17) is 5.73 Å². The first-order valence-electron chi connectivity index (χ1n) is 5.19. The van der Waals surface area contributed by atoms with E-state index < -0.39 is 23.4 Å². The van der Waals surface area contributed by atoms with Crippen LogP contribution in [0.4, 0.5) is 14.5 Å². The van der Waals surface area contributed by atoms with Gasteiger partial charge in [0.05, 0.1) is 0 Å². The number of carbonyl (C=O) groups excluding carboxylic acids is 2. The normalized spacial score (nSPS) is 9.94. The van der Waals surface area contributed by atoms with Gasteiger partial charge in [-0.3, -0.25) is 9.59 Å². The highest BCUT2D eigenvalue weighted by Gasteiger charge is 2.14. The maximum absolute atomic E-state index is 13.4. The molecular formula is C11H13F2N3O2. The Hall–Kier alpha value is -2.18. The highest BCUT2D eigenvalue weighted by Crippen LogP contribution is 2.19. The van der Waals surface area contributed by atoms with Gasteiger partial charge in [-0.15, -0.1) is 0 Å². The summed E-state index contributed by atoms with van der Waals surface area (Å²) in [5.74, 6) is -2.97. The molecule has 1 aromatic rings. The Kier molecular flexibility index (Phi) is 4.59. The molecule has 0 saturated heterocycles. The van der Waals surface area contributed by atoms with Gasteiger partial charge in [0.2, 0.25) is 5.91 Å². The topological polar surface area (TPSA) is 84.2 Å². The Balaban J connectivity index is 2.78. The molecule has 0 radical (unpaired) electrons. The number of nitrogens with two attached hydrogens (primary N) is 1. The average molecular weight is 257 g/mol. The number of hydrogen-bond donors (Lipinski definition) is 3. The summed E-state index contributed by atoms with van der Waals surface area (Å²) in [6, 6.07) is 1.82. The van der Waals surface area contributed by atoms with E-state index in [-0.39, 0.29) is 24.2 Å². The molecule has 98 valence electrons. The van der Waals surface area contributed by atoms with E-state index in [9.17, 15) is 18.4 Å². The Bertz CT molecular complexity index is 454. The monoisotopic (exact) mass is 257 g/mol. The van der Waals surface area contributed by atoms with Gasteiger partial charge in [0.1, 0.15) is 17.3 Å². The van der Waals surface area contributed by atoms with Crippen molar-refractivity contribution >= 4 is 17.5 Å². The number of amides is 2. The van der Waals surface area contributed by atoms with Crippen LogP contribution in [0.3, 0.4) is 0 Å². The fraction of sp³-hybridized carbons (Fsp3) is 0.273. The first-order chi connectivity index (χ1) is 8.45. The van der Waals surface area contributed by atoms with Crippen LogP contribution in [0.25, 0.3) is 0 Å². The fourth-order valence-corrected chi connectivity index (χ4v) is 1.34. The molecule has 0 aliphatic rings. The van der Waals surface area contributed by atoms with Crippen molar-refractivity contribution in [3.63, 3.8) is 0 Å². The predicted molar refractivity (Wildman–Crippen MR) is 62.0 cm³/mol. The van der Waals surface area contributed by atoms with E-state index in [1.807, 2.05) is 0 Å². The molecule has 0 aromatic heterocycles. The van der Waals surface area contributed by atoms with E-state index in [2.05, 4.69) is 10.6 Å². The number of carbonyl (C=O) groups is 2. The van der Waals surface area contributed by atoms with Gasteiger partial charge < -0.3 is 16.4 Å². The van der Waals surface area contributed by atoms with Crippen LogP contribution in [0.1, 0.15) is 16.8 Å². The van der Waals surface area contributed by atoms with Gasteiger partial charge in [-0.2, -0.15) is 0 Å². The Morgan fingerprint density at radius 3 is 2.28 bits per heavy atom. The van der Waals surface area contributed by atoms with Crippen LogP contribution in [0, 0.1) is 11.6 Å². The zero-order chi connectivity index (χ0) is 13.7. The van der Waals surface area contributed by atoms with Crippen molar-refractivity contribution in [2.45, 2.75) is 6.42 Å². The maximum Gasteiger partial charge on any atom is 0.251 e. The SMILES string of the molecule is CNc1c(F)cc(C(=O)NCCC(N)=O)cc1F. The Morgan fingerprint density at radius 2 is 1.83 bits per heavy atom. The van der Waals surface area contributed by atoms with Crippen molar-refractivity contribution in [1.82, 2.24) is 5.32 Å². The van der Waals surface area contributed by atoms with E-state index in [0.717, 1.165) is 12.1 Å². The highest BCUT2D eigenvalue weighted by molar-refractivity contribution is 5.94. The molecule has 0 unspecified atom stereocenters. The van der Waals surface area contributed by atoms with Gasteiger partial charge in [0, 0.05) is 25.6 Å². The smallest absolute Gasteiger partial charge is 0.251 e. The molecule has 0 spiro atoms. The molecule has 0 aliphatic carbocycles. The van der Waals surface area contributed by atoms with Gasteiger partial charge in [-0.05, 0) is 12.1 Å². The number of anilines is 1. The van der Waals surface area contributed by atoms with Crippen molar-refractivity contribution in [3.05, 3.63) is 29.3 Å². The van der Waals surface area contributed by atoms with Crippen molar-refractivity contribution in [3.8, 4) is 0 Å². The zero-order valence-corrected chi connectivity index (χ0v) is 9.72. The number of halogens is 2. The number of rotatable bonds is 5. The minimum Gasteiger partial charge on any atom is -0.383 e. The second kappa shape index (κ2) is 5.95. The molecule has 0 fully saturated rings. The fourth-order valence-electron chi connectivity index (χ4n) is 1.34. The van der Waals surface area contributed by atoms with E-state index in [1.54, 1.807) is 0 Å². The largest absolute Gasteiger partial charge is 0.383 e. The minimum atomic E-state index is -0.863. The summed E-state index contributed by atoms with van der Waals surface area (Å²) >= 11 is 0. The summed E-state index contributed by atoms with van der Waals surface area (Å²) in [7, 11) is 1.37. The van der Waals surface area contributed by atoms with Crippen molar-refractivity contribution < 1.29 is 18.4 Å². The zero-order valence-electron chi connectivity index (χ0n) is 9.72. The lowest BCUT2D eigenvalue weighted by Crippen LogP contribution is -2.28. The lowest BCUT2D eigenvalue weighted by molar-refractivity contribution is -0.117. The quantitative estimate of drug-likeness (QED) is 0.722. The maximum atomic E-state index is 13.4. The highest BCUT2D eigenvalue weighted by atomic mass is 19.1. The molecule has 7 heteroatoms. The molecule has 2 amide bonds. The molecule has 0 atom stereocenters. The predicted octanol–water partition coefficient (Wildman–Crippen LogP) is 0.612. The van der Waals surface area contributed by atoms with Crippen LogP contribution in [0.2, 0.25) is 0 Å². The van der Waals surface area contributed by atoms with Crippen LogP contribution in [0.5, 0.6) is 0 Å². The Labute approximate surface area is 102 Å². The Morgan fingerprint density at radius 1 is 1.28 bits per heavy atom. The van der Waals surface area contributed by atoms with Crippen LogP contribution in [-0.2, 0) is 4.79 Å². The first-order valence-corrected chi connectivity index (χ1v) is 5.19. The summed E-state index contributed by atoms with van der Waals surface area (Å²) in [6.45, 7) is 0.0190. The molecular weight excluding hydrogens is 244 g/mol. The molecule has 5 nitrogen and oxygen atoms in total. The van der Waals surface area contributed by atoms with Gasteiger partial charge in [0.25, 0.3) is 5.91 Å². The van der Waals surface area contributed by atoms with E-state index in [1.165, 1.54) is 7.05 Å². The third kappa shape index (κ3) is 3.41. The lowest BCUT2D eigenvalue weighted by atomic mass is 10.1. The van der Waals surface area contributed by atoms with Crippen molar-refractivity contribution in [2.24, 2.45) is 5.73 Å². The number of benzene rings is 1. The van der Waals surface area contributed by atoms with Crippen LogP contribution >= 0.6 is 0 Å². The summed E-state index contributed by atoms with van der Waals surface area (Å²) in [5.41, 5.74) is 4.42. The van der Waals surface area contributed by atoms with Crippen molar-refractivity contribution in [2.75, 3.05) is 18.9 Å². The van der Waals surface area contributed by atoms with E-state index in [0.29, 0.717) is 0 Å². The second-order valence-electron chi connectivity index (χ2n) is 3.54. The number of primary amides is 1. The number of nitrogens with one attached hydrogen (secondary N) is 2. The summed E-state index contributed by atoms with van der Waals surface area (Å²) in [4.78, 5) is 22.0. The van der Waals surface area contributed by atoms with Gasteiger partial charge in [0.15, 0.2) is 0 Å². The molecule has 0 saturated carbocycles. The van der Waals surface area contributed by atoms with Crippen molar-refractivity contribution in [1.29, 1.82) is 0 Å². The molecule has 18 heavy (non-hydrogen) atoms. The lowest BCUT2D eigenvalue weighted by Gasteiger charge is -2.08. The van der Waals surface area contributed by atoms with Crippen LogP contribution < -0.4 is 16.4 Å². The third-order valence-corrected chi connectivity index (χ3v) is 2.21. The number of hydrogen-bond acceptors (Lipinski definition) is 3. The molecule has 4 N–H and O–H groups in total. The molecule has 0 aliphatic heterocycles. The summed E-state index contributed by atoms with van der Waals surface area (Å²) in [6.07, 6.45) is -0.0364. The molecule has 0 heterocycles. The third-order valence-electron chi connectivity index (χ3n) is 2.21. The summed E-state index contributed by atoms with van der Waals surface area (Å²) in [5, 5.41) is 4.67. The first kappa shape index (κ1) is 13.9. The van der Waals surface area contributed by atoms with Crippen LogP contribution in [0.15, 0.2) is 12.1 Å². The molecule has 1 aromatic carbocycles. The van der Waals surface area contributed by atoms with Gasteiger partial charge >= 0.3 is 0 Å². The van der Waals surface area contributed by atoms with Gasteiger partial charge in [-0.25, -0.2) is 8.78 Å². The average Bonchev–Trinajstić information content (AvgIpc) is 2.27. The second-order valence-corrected chi connectivity index (χ2v) is 3.54. The van der Waals surface area contributed by atoms with E-state index >= 15 is 0 Å². The van der Waals surface area contributed by atoms with Gasteiger partial charge in [-0.1, -0.05) is 0 Å². The molecule has 1 rings (SSSR count). The minimum absolute atomic E-state index is 0.0190. The standard InChI is InChI=1S/C11H13F2N3O2/c1-15-10-7(12)4-6(5-8(10)13)11(18)16-3-2-9(14)17/h4-5,15H,2-3H2,1H3,(H2,14,17)(H,16,18). The molecule has 0 bridgehead atoms.